The Hall–Kier alpha value is -1.16. The molecule has 2 aromatic carbocycles. The highest BCUT2D eigenvalue weighted by atomic mass is 35.5. The quantitative estimate of drug-likeness (QED) is 0.709. The molecule has 0 aliphatic heterocycles. The minimum atomic E-state index is -0.0509. The van der Waals surface area contributed by atoms with Gasteiger partial charge in [0.05, 0.1) is 10.8 Å². The van der Waals surface area contributed by atoms with Gasteiger partial charge in [0.25, 0.3) is 0 Å². The van der Waals surface area contributed by atoms with Crippen LogP contribution >= 0.6 is 35.0 Å². The standard InChI is InChI=1S/C17H17Cl2NOS/c1-3-12-6-4-5-11(2)17(12)20-16(21)10-22-15-9-13(18)7-8-14(15)19/h4-9H,3,10H2,1-2H3,(H,20,21). The molecule has 0 aromatic heterocycles. The van der Waals surface area contributed by atoms with Gasteiger partial charge in [-0.15, -0.1) is 11.8 Å². The first-order valence-electron chi connectivity index (χ1n) is 6.97. The van der Waals surface area contributed by atoms with Gasteiger partial charge in [-0.3, -0.25) is 4.79 Å². The Morgan fingerprint density at radius 3 is 2.73 bits per heavy atom. The predicted molar refractivity (Wildman–Crippen MR) is 96.4 cm³/mol. The number of benzene rings is 2. The topological polar surface area (TPSA) is 29.1 Å². The number of nitrogens with one attached hydrogen (secondary N) is 1. The van der Waals surface area contributed by atoms with Crippen LogP contribution < -0.4 is 5.32 Å². The molecule has 0 bridgehead atoms. The van der Waals surface area contributed by atoms with E-state index in [-0.39, 0.29) is 11.7 Å². The number of thioether (sulfide) groups is 1. The van der Waals surface area contributed by atoms with Gasteiger partial charge in [-0.2, -0.15) is 0 Å². The SMILES string of the molecule is CCc1cccc(C)c1NC(=O)CSc1cc(Cl)ccc1Cl. The summed E-state index contributed by atoms with van der Waals surface area (Å²) >= 11 is 13.4. The molecule has 0 atom stereocenters. The number of para-hydroxylation sites is 1. The zero-order valence-corrected chi connectivity index (χ0v) is 14.8. The Labute approximate surface area is 145 Å². The van der Waals surface area contributed by atoms with Crippen LogP contribution in [0.2, 0.25) is 10.0 Å². The summed E-state index contributed by atoms with van der Waals surface area (Å²) < 4.78 is 0. The third-order valence-electron chi connectivity index (χ3n) is 3.26. The fraction of sp³-hybridized carbons (Fsp3) is 0.235. The average molecular weight is 354 g/mol. The van der Waals surface area contributed by atoms with Gasteiger partial charge in [0.1, 0.15) is 0 Å². The lowest BCUT2D eigenvalue weighted by Crippen LogP contribution is -2.16. The van der Waals surface area contributed by atoms with Crippen LogP contribution in [-0.4, -0.2) is 11.7 Å². The van der Waals surface area contributed by atoms with Crippen molar-refractivity contribution in [3.05, 3.63) is 57.6 Å². The Kier molecular flexibility index (Phi) is 6.18. The summed E-state index contributed by atoms with van der Waals surface area (Å²) in [7, 11) is 0. The Morgan fingerprint density at radius 2 is 2.00 bits per heavy atom. The van der Waals surface area contributed by atoms with E-state index in [1.165, 1.54) is 11.8 Å². The first kappa shape index (κ1) is 17.2. The predicted octanol–water partition coefficient (Wildman–Crippen LogP) is 5.60. The molecule has 0 spiro atoms. The van der Waals surface area contributed by atoms with E-state index in [9.17, 15) is 4.79 Å². The monoisotopic (exact) mass is 353 g/mol. The summed E-state index contributed by atoms with van der Waals surface area (Å²) in [5, 5.41) is 4.21. The highest BCUT2D eigenvalue weighted by molar-refractivity contribution is 8.00. The van der Waals surface area contributed by atoms with Crippen LogP contribution in [0.25, 0.3) is 0 Å². The van der Waals surface area contributed by atoms with Crippen molar-refractivity contribution in [2.24, 2.45) is 0 Å². The molecular formula is C17H17Cl2NOS. The van der Waals surface area contributed by atoms with E-state index < -0.39 is 0 Å². The molecule has 0 saturated heterocycles. The van der Waals surface area contributed by atoms with Crippen molar-refractivity contribution in [2.45, 2.75) is 25.2 Å². The molecule has 0 aliphatic rings. The highest BCUT2D eigenvalue weighted by Gasteiger charge is 2.10. The average Bonchev–Trinajstić information content (AvgIpc) is 2.50. The molecule has 0 saturated carbocycles. The van der Waals surface area contributed by atoms with E-state index in [1.807, 2.05) is 25.1 Å². The number of carbonyl (C=O) groups is 1. The van der Waals surface area contributed by atoms with Crippen LogP contribution in [0.1, 0.15) is 18.1 Å². The van der Waals surface area contributed by atoms with Crippen molar-refractivity contribution in [2.75, 3.05) is 11.1 Å². The van der Waals surface area contributed by atoms with Gasteiger partial charge in [-0.1, -0.05) is 48.3 Å². The van der Waals surface area contributed by atoms with Crippen molar-refractivity contribution >= 4 is 46.6 Å². The largest absolute Gasteiger partial charge is 0.325 e. The molecule has 0 fully saturated rings. The van der Waals surface area contributed by atoms with E-state index in [0.29, 0.717) is 10.0 Å². The maximum Gasteiger partial charge on any atom is 0.234 e. The van der Waals surface area contributed by atoms with Crippen molar-refractivity contribution in [1.82, 2.24) is 0 Å². The second-order valence-corrected chi connectivity index (χ2v) is 6.73. The normalized spacial score (nSPS) is 10.5. The second-order valence-electron chi connectivity index (χ2n) is 4.87. The third-order valence-corrected chi connectivity index (χ3v) is 4.99. The van der Waals surface area contributed by atoms with Crippen molar-refractivity contribution < 1.29 is 4.79 Å². The number of hydrogen-bond acceptors (Lipinski definition) is 2. The Balaban J connectivity index is 2.03. The van der Waals surface area contributed by atoms with Gasteiger partial charge in [-0.25, -0.2) is 0 Å². The van der Waals surface area contributed by atoms with Crippen LogP contribution in [0.4, 0.5) is 5.69 Å². The van der Waals surface area contributed by atoms with Crippen LogP contribution in [0.15, 0.2) is 41.3 Å². The fourth-order valence-corrected chi connectivity index (χ4v) is 3.40. The van der Waals surface area contributed by atoms with Gasteiger partial charge in [0.15, 0.2) is 0 Å². The summed E-state index contributed by atoms with van der Waals surface area (Å²) in [5.41, 5.74) is 3.12. The molecular weight excluding hydrogens is 337 g/mol. The van der Waals surface area contributed by atoms with Crippen LogP contribution in [0.5, 0.6) is 0 Å². The molecule has 2 aromatic rings. The molecule has 1 amide bonds. The molecule has 0 unspecified atom stereocenters. The number of amides is 1. The summed E-state index contributed by atoms with van der Waals surface area (Å²) in [6, 6.07) is 11.3. The Morgan fingerprint density at radius 1 is 1.23 bits per heavy atom. The zero-order valence-electron chi connectivity index (χ0n) is 12.5. The fourth-order valence-electron chi connectivity index (χ4n) is 2.11. The third kappa shape index (κ3) is 4.42. The van der Waals surface area contributed by atoms with Crippen LogP contribution in [0, 0.1) is 6.92 Å². The molecule has 0 heterocycles. The van der Waals surface area contributed by atoms with Gasteiger partial charge in [0.2, 0.25) is 5.91 Å². The maximum absolute atomic E-state index is 12.2. The van der Waals surface area contributed by atoms with E-state index in [4.69, 9.17) is 23.2 Å². The lowest BCUT2D eigenvalue weighted by Gasteiger charge is -2.13. The van der Waals surface area contributed by atoms with Crippen molar-refractivity contribution in [3.8, 4) is 0 Å². The second kappa shape index (κ2) is 7.91. The number of halogens is 2. The van der Waals surface area contributed by atoms with E-state index in [2.05, 4.69) is 12.2 Å². The van der Waals surface area contributed by atoms with E-state index in [1.54, 1.807) is 18.2 Å². The molecule has 2 rings (SSSR count). The van der Waals surface area contributed by atoms with Gasteiger partial charge in [-0.05, 0) is 42.7 Å². The van der Waals surface area contributed by atoms with Gasteiger partial charge < -0.3 is 5.32 Å². The van der Waals surface area contributed by atoms with E-state index >= 15 is 0 Å². The molecule has 116 valence electrons. The van der Waals surface area contributed by atoms with Gasteiger partial charge >= 0.3 is 0 Å². The lowest BCUT2D eigenvalue weighted by atomic mass is 10.1. The minimum Gasteiger partial charge on any atom is -0.325 e. The summed E-state index contributed by atoms with van der Waals surface area (Å²) in [5.74, 6) is 0.238. The van der Waals surface area contributed by atoms with Gasteiger partial charge in [0, 0.05) is 15.6 Å². The maximum atomic E-state index is 12.2. The number of rotatable bonds is 5. The number of carbonyl (C=O) groups excluding carboxylic acids is 1. The van der Waals surface area contributed by atoms with Crippen molar-refractivity contribution in [1.29, 1.82) is 0 Å². The molecule has 2 nitrogen and oxygen atoms in total. The zero-order chi connectivity index (χ0) is 16.1. The molecule has 1 N–H and O–H groups in total. The number of hydrogen-bond donors (Lipinski definition) is 1. The van der Waals surface area contributed by atoms with Crippen LogP contribution in [-0.2, 0) is 11.2 Å². The summed E-state index contributed by atoms with van der Waals surface area (Å²) in [6.45, 7) is 4.07. The molecule has 0 aliphatic carbocycles. The minimum absolute atomic E-state index is 0.0509. The van der Waals surface area contributed by atoms with Crippen LogP contribution in [0.3, 0.4) is 0 Å². The number of aryl methyl sites for hydroxylation is 2. The first-order chi connectivity index (χ1) is 10.5. The molecule has 22 heavy (non-hydrogen) atoms. The Bertz CT molecular complexity index is 688. The molecule has 5 heteroatoms. The summed E-state index contributed by atoms with van der Waals surface area (Å²) in [6.07, 6.45) is 0.880. The summed E-state index contributed by atoms with van der Waals surface area (Å²) in [4.78, 5) is 13.0. The van der Waals surface area contributed by atoms with Crippen molar-refractivity contribution in [3.63, 3.8) is 0 Å². The highest BCUT2D eigenvalue weighted by Crippen LogP contribution is 2.30. The van der Waals surface area contributed by atoms with E-state index in [0.717, 1.165) is 28.1 Å². The smallest absolute Gasteiger partial charge is 0.234 e. The first-order valence-corrected chi connectivity index (χ1v) is 8.71. The lowest BCUT2D eigenvalue weighted by molar-refractivity contribution is -0.113. The molecule has 0 radical (unpaired) electrons. The number of anilines is 1.